The van der Waals surface area contributed by atoms with E-state index in [0.717, 1.165) is 42.7 Å². The first-order chi connectivity index (χ1) is 8.63. The number of hydrogen-bond donors (Lipinski definition) is 2. The number of carbonyl (C=O) groups is 1. The zero-order valence-corrected chi connectivity index (χ0v) is 11.5. The molecule has 0 heterocycles. The van der Waals surface area contributed by atoms with Crippen LogP contribution in [0, 0.1) is 6.92 Å². The van der Waals surface area contributed by atoms with Gasteiger partial charge in [-0.2, -0.15) is 0 Å². The predicted molar refractivity (Wildman–Crippen MR) is 75.5 cm³/mol. The zero-order chi connectivity index (χ0) is 13.5. The Kier molecular flexibility index (Phi) is 5.65. The second-order valence-electron chi connectivity index (χ2n) is 4.41. The van der Waals surface area contributed by atoms with Crippen molar-refractivity contribution in [3.05, 3.63) is 29.3 Å². The SMILES string of the molecule is CCCCN(CC)C(=O)c1ccc(NN)c(C)c1. The summed E-state index contributed by atoms with van der Waals surface area (Å²) >= 11 is 0. The van der Waals surface area contributed by atoms with Crippen LogP contribution in [-0.4, -0.2) is 23.9 Å². The van der Waals surface area contributed by atoms with Gasteiger partial charge in [0.15, 0.2) is 0 Å². The Labute approximate surface area is 109 Å². The van der Waals surface area contributed by atoms with Gasteiger partial charge in [0.05, 0.1) is 5.69 Å². The number of amides is 1. The van der Waals surface area contributed by atoms with Crippen LogP contribution in [0.1, 0.15) is 42.6 Å². The standard InChI is InChI=1S/C14H23N3O/c1-4-6-9-17(5-2)14(18)12-7-8-13(16-15)11(3)10-12/h7-8,10,16H,4-6,9,15H2,1-3H3. The first-order valence-electron chi connectivity index (χ1n) is 6.50. The van der Waals surface area contributed by atoms with Crippen LogP contribution in [0.3, 0.4) is 0 Å². The van der Waals surface area contributed by atoms with E-state index in [0.29, 0.717) is 0 Å². The van der Waals surface area contributed by atoms with E-state index in [2.05, 4.69) is 12.3 Å². The largest absolute Gasteiger partial charge is 0.339 e. The molecule has 4 heteroatoms. The second kappa shape index (κ2) is 7.01. The highest BCUT2D eigenvalue weighted by molar-refractivity contribution is 5.94. The van der Waals surface area contributed by atoms with E-state index in [1.165, 1.54) is 0 Å². The average molecular weight is 249 g/mol. The minimum absolute atomic E-state index is 0.0950. The number of nitrogens with one attached hydrogen (secondary N) is 1. The summed E-state index contributed by atoms with van der Waals surface area (Å²) in [5.41, 5.74) is 5.17. The second-order valence-corrected chi connectivity index (χ2v) is 4.41. The first kappa shape index (κ1) is 14.5. The van der Waals surface area contributed by atoms with Crippen LogP contribution in [0.25, 0.3) is 0 Å². The molecule has 0 saturated heterocycles. The van der Waals surface area contributed by atoms with Crippen LogP contribution >= 0.6 is 0 Å². The smallest absolute Gasteiger partial charge is 0.253 e. The van der Waals surface area contributed by atoms with Gasteiger partial charge in [-0.25, -0.2) is 0 Å². The van der Waals surface area contributed by atoms with Gasteiger partial charge >= 0.3 is 0 Å². The van der Waals surface area contributed by atoms with Gasteiger partial charge in [-0.05, 0) is 44.0 Å². The third-order valence-electron chi connectivity index (χ3n) is 3.08. The number of carbonyl (C=O) groups excluding carboxylic acids is 1. The predicted octanol–water partition coefficient (Wildman–Crippen LogP) is 2.54. The number of nitrogens with two attached hydrogens (primary N) is 1. The fourth-order valence-electron chi connectivity index (χ4n) is 1.89. The van der Waals surface area contributed by atoms with Crippen LogP contribution in [0.5, 0.6) is 0 Å². The van der Waals surface area contributed by atoms with Gasteiger partial charge in [-0.3, -0.25) is 10.6 Å². The number of aryl methyl sites for hydroxylation is 1. The summed E-state index contributed by atoms with van der Waals surface area (Å²) in [4.78, 5) is 14.2. The van der Waals surface area contributed by atoms with Crippen LogP contribution < -0.4 is 11.3 Å². The van der Waals surface area contributed by atoms with Crippen molar-refractivity contribution in [2.24, 2.45) is 5.84 Å². The summed E-state index contributed by atoms with van der Waals surface area (Å²) in [6.07, 6.45) is 2.14. The molecule has 1 aromatic rings. The maximum absolute atomic E-state index is 12.3. The molecule has 0 spiro atoms. The number of nitrogen functional groups attached to an aromatic ring is 1. The minimum atomic E-state index is 0.0950. The summed E-state index contributed by atoms with van der Waals surface area (Å²) in [5.74, 6) is 5.48. The lowest BCUT2D eigenvalue weighted by atomic mass is 10.1. The lowest BCUT2D eigenvalue weighted by molar-refractivity contribution is 0.0762. The van der Waals surface area contributed by atoms with E-state index < -0.39 is 0 Å². The lowest BCUT2D eigenvalue weighted by Gasteiger charge is -2.21. The molecule has 100 valence electrons. The Morgan fingerprint density at radius 3 is 2.61 bits per heavy atom. The van der Waals surface area contributed by atoms with Crippen molar-refractivity contribution in [3.8, 4) is 0 Å². The first-order valence-corrected chi connectivity index (χ1v) is 6.50. The van der Waals surface area contributed by atoms with Gasteiger partial charge in [0.2, 0.25) is 0 Å². The Balaban J connectivity index is 2.84. The van der Waals surface area contributed by atoms with Crippen LogP contribution in [0.15, 0.2) is 18.2 Å². The lowest BCUT2D eigenvalue weighted by Crippen LogP contribution is -2.31. The number of hydrogen-bond acceptors (Lipinski definition) is 3. The van der Waals surface area contributed by atoms with E-state index in [-0.39, 0.29) is 5.91 Å². The van der Waals surface area contributed by atoms with Gasteiger partial charge in [0, 0.05) is 18.7 Å². The van der Waals surface area contributed by atoms with Gasteiger partial charge in [-0.1, -0.05) is 13.3 Å². The Morgan fingerprint density at radius 2 is 2.11 bits per heavy atom. The van der Waals surface area contributed by atoms with Crippen molar-refractivity contribution in [3.63, 3.8) is 0 Å². The highest BCUT2D eigenvalue weighted by atomic mass is 16.2. The molecule has 3 N–H and O–H groups in total. The van der Waals surface area contributed by atoms with Crippen LogP contribution in [0.2, 0.25) is 0 Å². The highest BCUT2D eigenvalue weighted by Crippen LogP contribution is 2.16. The molecule has 0 unspecified atom stereocenters. The molecular formula is C14H23N3O. The number of nitrogens with zero attached hydrogens (tertiary/aromatic N) is 1. The Bertz CT molecular complexity index is 404. The molecule has 0 aliphatic heterocycles. The molecule has 0 bridgehead atoms. The highest BCUT2D eigenvalue weighted by Gasteiger charge is 2.14. The summed E-state index contributed by atoms with van der Waals surface area (Å²) in [6, 6.07) is 5.54. The van der Waals surface area contributed by atoms with Crippen molar-refractivity contribution in [1.82, 2.24) is 4.90 Å². The van der Waals surface area contributed by atoms with Crippen molar-refractivity contribution in [2.75, 3.05) is 18.5 Å². The topological polar surface area (TPSA) is 58.4 Å². The third kappa shape index (κ3) is 3.47. The molecule has 1 aromatic carbocycles. The van der Waals surface area contributed by atoms with Crippen molar-refractivity contribution in [2.45, 2.75) is 33.6 Å². The third-order valence-corrected chi connectivity index (χ3v) is 3.08. The minimum Gasteiger partial charge on any atom is -0.339 e. The maximum atomic E-state index is 12.3. The van der Waals surface area contributed by atoms with Crippen LogP contribution in [-0.2, 0) is 0 Å². The molecule has 0 aromatic heterocycles. The normalized spacial score (nSPS) is 10.2. The molecule has 1 amide bonds. The maximum Gasteiger partial charge on any atom is 0.253 e. The molecular weight excluding hydrogens is 226 g/mol. The molecule has 0 aliphatic carbocycles. The summed E-state index contributed by atoms with van der Waals surface area (Å²) < 4.78 is 0. The fourth-order valence-corrected chi connectivity index (χ4v) is 1.89. The molecule has 18 heavy (non-hydrogen) atoms. The molecule has 0 radical (unpaired) electrons. The molecule has 0 atom stereocenters. The number of rotatable bonds is 6. The number of hydrazine groups is 1. The summed E-state index contributed by atoms with van der Waals surface area (Å²) in [6.45, 7) is 7.64. The number of benzene rings is 1. The van der Waals surface area contributed by atoms with Gasteiger partial charge in [0.1, 0.15) is 0 Å². The summed E-state index contributed by atoms with van der Waals surface area (Å²) in [5, 5.41) is 0. The van der Waals surface area contributed by atoms with Crippen LogP contribution in [0.4, 0.5) is 5.69 Å². The van der Waals surface area contributed by atoms with E-state index in [1.54, 1.807) is 0 Å². The van der Waals surface area contributed by atoms with Crippen molar-refractivity contribution >= 4 is 11.6 Å². The van der Waals surface area contributed by atoms with E-state index in [1.807, 2.05) is 36.9 Å². The van der Waals surface area contributed by atoms with Gasteiger partial charge < -0.3 is 10.3 Å². The zero-order valence-electron chi connectivity index (χ0n) is 11.5. The average Bonchev–Trinajstić information content (AvgIpc) is 2.39. The fraction of sp³-hybridized carbons (Fsp3) is 0.500. The quantitative estimate of drug-likeness (QED) is 0.601. The Hall–Kier alpha value is -1.55. The number of anilines is 1. The molecule has 4 nitrogen and oxygen atoms in total. The molecule has 1 rings (SSSR count). The monoisotopic (exact) mass is 249 g/mol. The molecule has 0 saturated carbocycles. The van der Waals surface area contributed by atoms with Crippen molar-refractivity contribution in [1.29, 1.82) is 0 Å². The Morgan fingerprint density at radius 1 is 1.39 bits per heavy atom. The number of unbranched alkanes of at least 4 members (excludes halogenated alkanes) is 1. The van der Waals surface area contributed by atoms with Gasteiger partial charge in [0.25, 0.3) is 5.91 Å². The van der Waals surface area contributed by atoms with E-state index in [4.69, 9.17) is 5.84 Å². The van der Waals surface area contributed by atoms with Gasteiger partial charge in [-0.15, -0.1) is 0 Å². The summed E-state index contributed by atoms with van der Waals surface area (Å²) in [7, 11) is 0. The van der Waals surface area contributed by atoms with Crippen molar-refractivity contribution < 1.29 is 4.79 Å². The van der Waals surface area contributed by atoms with E-state index in [9.17, 15) is 4.79 Å². The van der Waals surface area contributed by atoms with E-state index >= 15 is 0 Å². The molecule has 0 aliphatic rings. The molecule has 0 fully saturated rings.